The lowest BCUT2D eigenvalue weighted by Crippen LogP contribution is -2.61. The number of hydrogen-bond acceptors (Lipinski definition) is 4. The van der Waals surface area contributed by atoms with Gasteiger partial charge in [-0.15, -0.1) is 11.6 Å². The van der Waals surface area contributed by atoms with Crippen molar-refractivity contribution in [3.05, 3.63) is 0 Å². The molecule has 2 fully saturated rings. The molecule has 0 aromatic rings. The molecule has 4 nitrogen and oxygen atoms in total. The molecule has 2 aliphatic rings. The van der Waals surface area contributed by atoms with Gasteiger partial charge in [0.15, 0.2) is 0 Å². The number of nitrogens with zero attached hydrogens (tertiary/aromatic N) is 2. The van der Waals surface area contributed by atoms with Crippen molar-refractivity contribution in [2.24, 2.45) is 0 Å². The Bertz CT molecular complexity index is 188. The van der Waals surface area contributed by atoms with Gasteiger partial charge >= 0.3 is 0 Å². The summed E-state index contributed by atoms with van der Waals surface area (Å²) in [5.41, 5.74) is 0. The van der Waals surface area contributed by atoms with Crippen LogP contribution >= 0.6 is 11.6 Å². The first-order chi connectivity index (χ1) is 7.90. The van der Waals surface area contributed by atoms with E-state index in [2.05, 4.69) is 20.4 Å². The van der Waals surface area contributed by atoms with Crippen LogP contribution in [0, 0.1) is 0 Å². The first kappa shape index (κ1) is 12.6. The van der Waals surface area contributed by atoms with Crippen molar-refractivity contribution in [1.29, 1.82) is 0 Å². The fourth-order valence-corrected chi connectivity index (χ4v) is 2.60. The predicted octanol–water partition coefficient (Wildman–Crippen LogP) is -0.248. The maximum Gasteiger partial charge on any atom is 0.0727 e. The third-order valence-electron chi connectivity index (χ3n) is 3.48. The van der Waals surface area contributed by atoms with E-state index < -0.39 is 0 Å². The molecule has 16 heavy (non-hydrogen) atoms. The first-order valence-corrected chi connectivity index (χ1v) is 6.90. The van der Waals surface area contributed by atoms with Crippen molar-refractivity contribution >= 4 is 11.6 Å². The van der Waals surface area contributed by atoms with E-state index in [4.69, 9.17) is 11.6 Å². The molecule has 0 spiro atoms. The molecule has 0 radical (unpaired) electrons. The number of hydrogen-bond donors (Lipinski definition) is 2. The Hall–Kier alpha value is 0.130. The third kappa shape index (κ3) is 3.57. The van der Waals surface area contributed by atoms with Gasteiger partial charge in [0.1, 0.15) is 0 Å². The molecule has 2 aliphatic heterocycles. The van der Waals surface area contributed by atoms with E-state index in [-0.39, 0.29) is 0 Å². The summed E-state index contributed by atoms with van der Waals surface area (Å²) >= 11 is 5.72. The predicted molar refractivity (Wildman–Crippen MR) is 68.0 cm³/mol. The summed E-state index contributed by atoms with van der Waals surface area (Å²) in [6, 6.07) is 0. The molecule has 0 saturated carbocycles. The maximum atomic E-state index is 5.72. The first-order valence-electron chi connectivity index (χ1n) is 6.36. The smallest absolute Gasteiger partial charge is 0.0727 e. The van der Waals surface area contributed by atoms with Gasteiger partial charge in [-0.3, -0.25) is 10.2 Å². The second kappa shape index (κ2) is 6.77. The van der Waals surface area contributed by atoms with Crippen LogP contribution in [0.2, 0.25) is 0 Å². The van der Waals surface area contributed by atoms with Crippen molar-refractivity contribution in [3.63, 3.8) is 0 Å². The summed E-state index contributed by atoms with van der Waals surface area (Å²) in [7, 11) is 0. The molecule has 5 heteroatoms. The monoisotopic (exact) mass is 246 g/mol. The second-order valence-electron chi connectivity index (χ2n) is 4.59. The molecule has 0 amide bonds. The van der Waals surface area contributed by atoms with Crippen LogP contribution in [0.4, 0.5) is 0 Å². The molecule has 94 valence electrons. The van der Waals surface area contributed by atoms with Gasteiger partial charge in [0, 0.05) is 51.7 Å². The summed E-state index contributed by atoms with van der Waals surface area (Å²) in [4.78, 5) is 5.08. The lowest BCUT2D eigenvalue weighted by molar-refractivity contribution is 0.0745. The highest BCUT2D eigenvalue weighted by atomic mass is 35.5. The summed E-state index contributed by atoms with van der Waals surface area (Å²) in [6.45, 7) is 9.19. The largest absolute Gasteiger partial charge is 0.313 e. The van der Waals surface area contributed by atoms with Gasteiger partial charge in [-0.05, 0) is 13.0 Å². The summed E-state index contributed by atoms with van der Waals surface area (Å²) < 4.78 is 0. The average Bonchev–Trinajstić information content (AvgIpc) is 2.38. The maximum absolute atomic E-state index is 5.72. The molecular weight excluding hydrogens is 224 g/mol. The van der Waals surface area contributed by atoms with Crippen LogP contribution in [0.25, 0.3) is 0 Å². The van der Waals surface area contributed by atoms with Crippen molar-refractivity contribution in [2.75, 3.05) is 58.2 Å². The van der Waals surface area contributed by atoms with Crippen LogP contribution in [0.5, 0.6) is 0 Å². The number of piperazine rings is 2. The molecule has 0 aliphatic carbocycles. The van der Waals surface area contributed by atoms with Crippen LogP contribution in [-0.2, 0) is 0 Å². The minimum Gasteiger partial charge on any atom is -0.313 e. The Morgan fingerprint density at radius 1 is 1.12 bits per heavy atom. The summed E-state index contributed by atoms with van der Waals surface area (Å²) in [5, 5.41) is 7.01. The van der Waals surface area contributed by atoms with E-state index in [1.54, 1.807) is 0 Å². The Morgan fingerprint density at radius 3 is 2.56 bits per heavy atom. The minimum atomic E-state index is 0.545. The Balaban J connectivity index is 1.67. The van der Waals surface area contributed by atoms with E-state index in [0.717, 1.165) is 38.5 Å². The lowest BCUT2D eigenvalue weighted by Gasteiger charge is -2.41. The van der Waals surface area contributed by atoms with Crippen LogP contribution in [-0.4, -0.2) is 74.2 Å². The topological polar surface area (TPSA) is 30.5 Å². The molecule has 0 aromatic carbocycles. The quantitative estimate of drug-likeness (QED) is 0.670. The van der Waals surface area contributed by atoms with Gasteiger partial charge in [-0.2, -0.15) is 0 Å². The van der Waals surface area contributed by atoms with Gasteiger partial charge in [-0.25, -0.2) is 0 Å². The molecule has 1 atom stereocenters. The third-order valence-corrected chi connectivity index (χ3v) is 3.74. The van der Waals surface area contributed by atoms with Crippen molar-refractivity contribution in [1.82, 2.24) is 20.4 Å². The van der Waals surface area contributed by atoms with Crippen molar-refractivity contribution < 1.29 is 0 Å². The average molecular weight is 247 g/mol. The van der Waals surface area contributed by atoms with Crippen LogP contribution < -0.4 is 10.6 Å². The van der Waals surface area contributed by atoms with Gasteiger partial charge in [0.05, 0.1) is 6.17 Å². The molecule has 2 saturated heterocycles. The zero-order chi connectivity index (χ0) is 11.2. The zero-order valence-electron chi connectivity index (χ0n) is 9.92. The Labute approximate surface area is 103 Å². The lowest BCUT2D eigenvalue weighted by atomic mass is 10.2. The van der Waals surface area contributed by atoms with E-state index in [1.165, 1.54) is 26.2 Å². The van der Waals surface area contributed by atoms with E-state index in [1.807, 2.05) is 0 Å². The molecule has 1 unspecified atom stereocenters. The Kier molecular flexibility index (Phi) is 5.32. The molecule has 2 rings (SSSR count). The summed E-state index contributed by atoms with van der Waals surface area (Å²) in [5.74, 6) is 0.786. The molecular formula is C11H23ClN4. The number of rotatable bonds is 4. The highest BCUT2D eigenvalue weighted by Gasteiger charge is 2.24. The minimum absolute atomic E-state index is 0.545. The second-order valence-corrected chi connectivity index (χ2v) is 4.97. The SMILES string of the molecule is ClCCCN1CCN(C2CNCCN2)CC1. The number of halogens is 1. The van der Waals surface area contributed by atoms with E-state index in [0.29, 0.717) is 6.17 Å². The molecule has 2 heterocycles. The van der Waals surface area contributed by atoms with Gasteiger partial charge in [0.2, 0.25) is 0 Å². The normalized spacial score (nSPS) is 29.4. The Morgan fingerprint density at radius 2 is 1.94 bits per heavy atom. The van der Waals surface area contributed by atoms with Crippen LogP contribution in [0.3, 0.4) is 0 Å². The van der Waals surface area contributed by atoms with Crippen LogP contribution in [0.1, 0.15) is 6.42 Å². The van der Waals surface area contributed by atoms with Crippen molar-refractivity contribution in [3.8, 4) is 0 Å². The van der Waals surface area contributed by atoms with Gasteiger partial charge in [-0.1, -0.05) is 0 Å². The van der Waals surface area contributed by atoms with Crippen molar-refractivity contribution in [2.45, 2.75) is 12.6 Å². The molecule has 0 aromatic heterocycles. The van der Waals surface area contributed by atoms with Gasteiger partial charge in [0.25, 0.3) is 0 Å². The van der Waals surface area contributed by atoms with Crippen LogP contribution in [0.15, 0.2) is 0 Å². The molecule has 2 N–H and O–H groups in total. The zero-order valence-corrected chi connectivity index (χ0v) is 10.7. The molecule has 0 bridgehead atoms. The van der Waals surface area contributed by atoms with E-state index >= 15 is 0 Å². The van der Waals surface area contributed by atoms with Gasteiger partial charge < -0.3 is 10.2 Å². The summed E-state index contributed by atoms with van der Waals surface area (Å²) in [6.07, 6.45) is 1.66. The van der Waals surface area contributed by atoms with E-state index in [9.17, 15) is 0 Å². The number of alkyl halides is 1. The standard InChI is InChI=1S/C11H23ClN4/c12-2-1-5-15-6-8-16(9-7-15)11-10-13-3-4-14-11/h11,13-14H,1-10H2. The highest BCUT2D eigenvalue weighted by Crippen LogP contribution is 2.06. The fraction of sp³-hybridized carbons (Fsp3) is 1.00. The number of nitrogens with one attached hydrogen (secondary N) is 2. The fourth-order valence-electron chi connectivity index (χ4n) is 2.48. The highest BCUT2D eigenvalue weighted by molar-refractivity contribution is 6.17.